The molecule has 1 aliphatic rings. The number of hydrogen-bond donors (Lipinski definition) is 3. The highest BCUT2D eigenvalue weighted by Crippen LogP contribution is 2.35. The molecule has 0 aliphatic heterocycles. The predicted octanol–water partition coefficient (Wildman–Crippen LogP) is 2.02. The van der Waals surface area contributed by atoms with Crippen molar-refractivity contribution >= 4 is 35.7 Å². The van der Waals surface area contributed by atoms with E-state index in [0.717, 1.165) is 16.7 Å². The first kappa shape index (κ1) is 19.0. The Balaban J connectivity index is 0.00000225. The Bertz CT molecular complexity index is 839. The van der Waals surface area contributed by atoms with Gasteiger partial charge in [0.25, 0.3) is 0 Å². The monoisotopic (exact) mass is 380 g/mol. The molecule has 7 nitrogen and oxygen atoms in total. The summed E-state index contributed by atoms with van der Waals surface area (Å²) in [6, 6.07) is 7.62. The van der Waals surface area contributed by atoms with Crippen molar-refractivity contribution in [3.05, 3.63) is 63.1 Å². The molecule has 1 aromatic carbocycles. The Morgan fingerprint density at radius 3 is 2.84 bits per heavy atom. The van der Waals surface area contributed by atoms with E-state index in [2.05, 4.69) is 15.6 Å². The number of fused-ring (bicyclic) bond motifs is 1. The number of hydrazone groups is 1. The van der Waals surface area contributed by atoms with Crippen molar-refractivity contribution in [1.29, 1.82) is 5.41 Å². The van der Waals surface area contributed by atoms with Crippen LogP contribution in [0, 0.1) is 17.5 Å². The quantitative estimate of drug-likeness (QED) is 0.243. The summed E-state index contributed by atoms with van der Waals surface area (Å²) in [6.07, 6.45) is 2.63. The molecule has 0 amide bonds. The van der Waals surface area contributed by atoms with E-state index < -0.39 is 0 Å². The fourth-order valence-corrected chi connectivity index (χ4v) is 3.38. The third kappa shape index (κ3) is 4.00. The van der Waals surface area contributed by atoms with Crippen molar-refractivity contribution < 1.29 is 4.85 Å². The summed E-state index contributed by atoms with van der Waals surface area (Å²) in [7, 11) is 0. The summed E-state index contributed by atoms with van der Waals surface area (Å²) in [5.41, 5.74) is 11.8. The minimum Gasteiger partial charge on any atom is -0.594 e. The number of hydrogen-bond acceptors (Lipinski definition) is 4. The molecule has 132 valence electrons. The standard InChI is InChI=1S/C16H17ClN6O.ClH/c1-9-8-23(24)22-14-7-10(11-4-2-3-5-12(11)17)6-13(15(9)14)20-21-16(18)19;/h2-5,8,10H,6-7H2,1H3,(H4,18,19,21);1H. The third-order valence-electron chi connectivity index (χ3n) is 4.03. The van der Waals surface area contributed by atoms with Crippen molar-refractivity contribution in [1.82, 2.24) is 10.5 Å². The SMILES string of the molecule is Cc1c[n+]([O-])nc2c1C(=NNC(=N)N)CC(c1ccccc1Cl)C2.Cl. The first-order valence-corrected chi connectivity index (χ1v) is 7.85. The van der Waals surface area contributed by atoms with Gasteiger partial charge in [-0.15, -0.1) is 12.4 Å². The molecule has 4 N–H and O–H groups in total. The first-order valence-electron chi connectivity index (χ1n) is 7.47. The second-order valence-corrected chi connectivity index (χ2v) is 6.15. The van der Waals surface area contributed by atoms with Gasteiger partial charge in [-0.1, -0.05) is 34.6 Å². The molecule has 0 bridgehead atoms. The zero-order valence-corrected chi connectivity index (χ0v) is 15.1. The lowest BCUT2D eigenvalue weighted by Gasteiger charge is -2.26. The van der Waals surface area contributed by atoms with Crippen LogP contribution >= 0.6 is 24.0 Å². The molecule has 0 fully saturated rings. The fourth-order valence-electron chi connectivity index (χ4n) is 3.09. The van der Waals surface area contributed by atoms with Crippen molar-refractivity contribution in [2.24, 2.45) is 10.8 Å². The van der Waals surface area contributed by atoms with Gasteiger partial charge in [0.1, 0.15) is 5.69 Å². The minimum atomic E-state index is -0.246. The van der Waals surface area contributed by atoms with Crippen LogP contribution in [0.25, 0.3) is 0 Å². The van der Waals surface area contributed by atoms with Crippen LogP contribution in [0.2, 0.25) is 5.02 Å². The highest BCUT2D eigenvalue weighted by Gasteiger charge is 2.30. The maximum atomic E-state index is 11.7. The van der Waals surface area contributed by atoms with Crippen LogP contribution in [0.1, 0.15) is 34.7 Å². The Morgan fingerprint density at radius 1 is 1.44 bits per heavy atom. The van der Waals surface area contributed by atoms with E-state index in [-0.39, 0.29) is 24.3 Å². The van der Waals surface area contributed by atoms with E-state index in [1.807, 2.05) is 31.2 Å². The molecule has 25 heavy (non-hydrogen) atoms. The van der Waals surface area contributed by atoms with E-state index in [1.165, 1.54) is 6.20 Å². The van der Waals surface area contributed by atoms with Gasteiger partial charge in [-0.05, 0) is 30.9 Å². The molecule has 0 radical (unpaired) electrons. The zero-order valence-electron chi connectivity index (χ0n) is 13.5. The molecule has 0 spiro atoms. The molecule has 2 aromatic rings. The molecular weight excluding hydrogens is 363 g/mol. The van der Waals surface area contributed by atoms with Crippen LogP contribution < -0.4 is 16.0 Å². The molecule has 1 unspecified atom stereocenters. The molecule has 0 saturated carbocycles. The number of rotatable bonds is 2. The molecule has 1 atom stereocenters. The normalized spacial score (nSPS) is 17.5. The summed E-state index contributed by atoms with van der Waals surface area (Å²) in [5, 5.41) is 28.0. The Labute approximate surface area is 156 Å². The van der Waals surface area contributed by atoms with Gasteiger partial charge in [0.05, 0.1) is 5.71 Å². The van der Waals surface area contributed by atoms with Gasteiger partial charge < -0.3 is 10.9 Å². The van der Waals surface area contributed by atoms with E-state index in [1.54, 1.807) is 0 Å². The van der Waals surface area contributed by atoms with Crippen molar-refractivity contribution in [2.75, 3.05) is 0 Å². The number of guanidine groups is 1. The van der Waals surface area contributed by atoms with Crippen molar-refractivity contribution in [2.45, 2.75) is 25.7 Å². The van der Waals surface area contributed by atoms with Gasteiger partial charge in [0.15, 0.2) is 0 Å². The molecule has 1 heterocycles. The Morgan fingerprint density at radius 2 is 2.16 bits per heavy atom. The molecule has 1 aliphatic carbocycles. The van der Waals surface area contributed by atoms with E-state index in [9.17, 15) is 5.21 Å². The molecule has 9 heteroatoms. The Kier molecular flexibility index (Phi) is 5.81. The van der Waals surface area contributed by atoms with Crippen LogP contribution in [0.5, 0.6) is 0 Å². The highest BCUT2D eigenvalue weighted by atomic mass is 35.5. The van der Waals surface area contributed by atoms with Crippen LogP contribution in [0.15, 0.2) is 35.6 Å². The predicted molar refractivity (Wildman–Crippen MR) is 99.3 cm³/mol. The summed E-state index contributed by atoms with van der Waals surface area (Å²) in [5.74, 6) is -0.197. The van der Waals surface area contributed by atoms with Gasteiger partial charge in [-0.25, -0.2) is 5.43 Å². The molecule has 3 rings (SSSR count). The largest absolute Gasteiger partial charge is 0.594 e. The Hall–Kier alpha value is -2.38. The van der Waals surface area contributed by atoms with Crippen LogP contribution in [-0.2, 0) is 6.42 Å². The second-order valence-electron chi connectivity index (χ2n) is 5.75. The van der Waals surface area contributed by atoms with Crippen LogP contribution in [-0.4, -0.2) is 16.8 Å². The van der Waals surface area contributed by atoms with Gasteiger partial charge in [-0.3, -0.25) is 5.41 Å². The maximum Gasteiger partial charge on any atom is 0.213 e. The number of benzene rings is 1. The molecular formula is C16H18Cl2N6O. The second kappa shape index (κ2) is 7.67. The van der Waals surface area contributed by atoms with Crippen molar-refractivity contribution in [3.8, 4) is 0 Å². The van der Waals surface area contributed by atoms with E-state index in [0.29, 0.717) is 34.1 Å². The lowest BCUT2D eigenvalue weighted by Crippen LogP contribution is -2.37. The zero-order chi connectivity index (χ0) is 17.3. The fraction of sp³-hybridized carbons (Fsp3) is 0.250. The summed E-state index contributed by atoms with van der Waals surface area (Å²) < 4.78 is 0. The first-order chi connectivity index (χ1) is 11.5. The lowest BCUT2D eigenvalue weighted by atomic mass is 9.80. The van der Waals surface area contributed by atoms with Crippen LogP contribution in [0.4, 0.5) is 0 Å². The highest BCUT2D eigenvalue weighted by molar-refractivity contribution is 6.31. The number of halogens is 2. The van der Waals surface area contributed by atoms with Gasteiger partial charge >= 0.3 is 0 Å². The van der Waals surface area contributed by atoms with Gasteiger partial charge in [0.2, 0.25) is 12.2 Å². The summed E-state index contributed by atoms with van der Waals surface area (Å²) in [6.45, 7) is 1.84. The van der Waals surface area contributed by atoms with E-state index >= 15 is 0 Å². The van der Waals surface area contributed by atoms with E-state index in [4.69, 9.17) is 22.7 Å². The minimum absolute atomic E-state index is 0. The maximum absolute atomic E-state index is 11.7. The topological polar surface area (TPSA) is 114 Å². The number of aromatic nitrogens is 2. The van der Waals surface area contributed by atoms with Crippen LogP contribution in [0.3, 0.4) is 0 Å². The number of nitrogens with one attached hydrogen (secondary N) is 2. The lowest BCUT2D eigenvalue weighted by molar-refractivity contribution is -0.670. The number of nitrogens with two attached hydrogens (primary N) is 1. The summed E-state index contributed by atoms with van der Waals surface area (Å²) in [4.78, 5) is 0.569. The van der Waals surface area contributed by atoms with Gasteiger partial charge in [0, 0.05) is 27.7 Å². The molecule has 0 saturated heterocycles. The average molecular weight is 381 g/mol. The smallest absolute Gasteiger partial charge is 0.213 e. The average Bonchev–Trinajstić information content (AvgIpc) is 2.52. The van der Waals surface area contributed by atoms with Crippen molar-refractivity contribution in [3.63, 3.8) is 0 Å². The number of nitrogens with zero attached hydrogens (tertiary/aromatic N) is 3. The summed E-state index contributed by atoms with van der Waals surface area (Å²) >= 11 is 6.33. The third-order valence-corrected chi connectivity index (χ3v) is 4.37. The molecule has 1 aromatic heterocycles. The van der Waals surface area contributed by atoms with Gasteiger partial charge in [-0.2, -0.15) is 5.10 Å². The number of aryl methyl sites for hydroxylation is 1.